The Labute approximate surface area is 102 Å². The summed E-state index contributed by atoms with van der Waals surface area (Å²) in [4.78, 5) is 11.0. The van der Waals surface area contributed by atoms with Gasteiger partial charge in [-0.3, -0.25) is 4.79 Å². The molecule has 0 unspecified atom stereocenters. The number of hydrogen-bond donors (Lipinski definition) is 0. The van der Waals surface area contributed by atoms with Gasteiger partial charge in [-0.05, 0) is 35.4 Å². The molecule has 2 rings (SSSR count). The molecule has 0 amide bonds. The van der Waals surface area contributed by atoms with Gasteiger partial charge in [0, 0.05) is 5.56 Å². The van der Waals surface area contributed by atoms with Gasteiger partial charge in [0.1, 0.15) is 11.6 Å². The number of carbonyl (C=O) groups is 1. The maximum Gasteiger partial charge on any atom is 0.255 e. The zero-order valence-electron chi connectivity index (χ0n) is 8.58. The Morgan fingerprint density at radius 1 is 1.00 bits per heavy atom. The second-order valence-electron chi connectivity index (χ2n) is 3.45. The minimum absolute atomic E-state index is 0.257. The maximum atomic E-state index is 13.5. The summed E-state index contributed by atoms with van der Waals surface area (Å²) in [6, 6.07) is 9.78. The van der Waals surface area contributed by atoms with Gasteiger partial charge in [0.2, 0.25) is 0 Å². The van der Waals surface area contributed by atoms with Crippen molar-refractivity contribution in [2.45, 2.75) is 0 Å². The number of rotatable bonds is 2. The Balaban J connectivity index is 2.58. The summed E-state index contributed by atoms with van der Waals surface area (Å²) >= 11 is 5.24. The van der Waals surface area contributed by atoms with E-state index in [0.29, 0.717) is 11.1 Å². The number of halogens is 3. The predicted octanol–water partition coefficient (Wildman–Crippen LogP) is 4.01. The van der Waals surface area contributed by atoms with Crippen LogP contribution in [0, 0.1) is 11.6 Å². The SMILES string of the molecule is O=C(Cl)c1cc(-c2ccccc2F)ccc1F. The molecule has 0 aliphatic heterocycles. The molecule has 0 aliphatic rings. The lowest BCUT2D eigenvalue weighted by Crippen LogP contribution is -1.95. The van der Waals surface area contributed by atoms with Crippen molar-refractivity contribution in [3.63, 3.8) is 0 Å². The van der Waals surface area contributed by atoms with Gasteiger partial charge >= 0.3 is 0 Å². The summed E-state index contributed by atoms with van der Waals surface area (Å²) in [5.74, 6) is -1.16. The van der Waals surface area contributed by atoms with Crippen LogP contribution in [0.4, 0.5) is 8.78 Å². The van der Waals surface area contributed by atoms with Crippen molar-refractivity contribution in [1.29, 1.82) is 0 Å². The number of hydrogen-bond acceptors (Lipinski definition) is 1. The Morgan fingerprint density at radius 2 is 1.71 bits per heavy atom. The molecule has 0 heterocycles. The van der Waals surface area contributed by atoms with E-state index < -0.39 is 16.9 Å². The first-order valence-corrected chi connectivity index (χ1v) is 5.21. The largest absolute Gasteiger partial charge is 0.275 e. The molecule has 0 bridgehead atoms. The molecule has 0 aromatic heterocycles. The van der Waals surface area contributed by atoms with Crippen LogP contribution in [-0.4, -0.2) is 5.24 Å². The Morgan fingerprint density at radius 3 is 2.35 bits per heavy atom. The summed E-state index contributed by atoms with van der Waals surface area (Å²) in [5.41, 5.74) is 0.451. The smallest absolute Gasteiger partial charge is 0.255 e. The van der Waals surface area contributed by atoms with Crippen LogP contribution in [0.3, 0.4) is 0 Å². The first-order valence-electron chi connectivity index (χ1n) is 4.84. The van der Waals surface area contributed by atoms with Crippen LogP contribution in [0.2, 0.25) is 0 Å². The second kappa shape index (κ2) is 4.63. The van der Waals surface area contributed by atoms with E-state index in [0.717, 1.165) is 6.07 Å². The first kappa shape index (κ1) is 11.7. The minimum Gasteiger partial charge on any atom is -0.275 e. The lowest BCUT2D eigenvalue weighted by atomic mass is 10.0. The van der Waals surface area contributed by atoms with Crippen molar-refractivity contribution in [2.75, 3.05) is 0 Å². The fraction of sp³-hybridized carbons (Fsp3) is 0. The first-order chi connectivity index (χ1) is 8.09. The molecule has 86 valence electrons. The molecular weight excluding hydrogens is 246 g/mol. The van der Waals surface area contributed by atoms with Gasteiger partial charge in [-0.15, -0.1) is 0 Å². The van der Waals surface area contributed by atoms with Gasteiger partial charge in [-0.2, -0.15) is 0 Å². The minimum atomic E-state index is -0.902. The summed E-state index contributed by atoms with van der Waals surface area (Å²) in [5, 5.41) is -0.902. The van der Waals surface area contributed by atoms with E-state index >= 15 is 0 Å². The van der Waals surface area contributed by atoms with Crippen molar-refractivity contribution in [2.24, 2.45) is 0 Å². The molecule has 1 nitrogen and oxygen atoms in total. The van der Waals surface area contributed by atoms with E-state index in [9.17, 15) is 13.6 Å². The van der Waals surface area contributed by atoms with Crippen LogP contribution in [-0.2, 0) is 0 Å². The zero-order valence-corrected chi connectivity index (χ0v) is 9.34. The molecule has 0 fully saturated rings. The molecule has 0 N–H and O–H groups in total. The molecule has 2 aromatic rings. The highest BCUT2D eigenvalue weighted by Gasteiger charge is 2.12. The van der Waals surface area contributed by atoms with Crippen LogP contribution < -0.4 is 0 Å². The van der Waals surface area contributed by atoms with E-state index in [1.54, 1.807) is 18.2 Å². The molecular formula is C13H7ClF2O. The lowest BCUT2D eigenvalue weighted by Gasteiger charge is -2.05. The normalized spacial score (nSPS) is 10.3. The highest BCUT2D eigenvalue weighted by Crippen LogP contribution is 2.25. The monoisotopic (exact) mass is 252 g/mol. The third-order valence-corrected chi connectivity index (χ3v) is 2.57. The van der Waals surface area contributed by atoms with Gasteiger partial charge in [-0.25, -0.2) is 8.78 Å². The summed E-state index contributed by atoms with van der Waals surface area (Å²) < 4.78 is 26.7. The molecule has 0 saturated carbocycles. The van der Waals surface area contributed by atoms with Crippen LogP contribution in [0.5, 0.6) is 0 Å². The Hall–Kier alpha value is -1.74. The predicted molar refractivity (Wildman–Crippen MR) is 62.0 cm³/mol. The van der Waals surface area contributed by atoms with E-state index in [1.165, 1.54) is 18.2 Å². The van der Waals surface area contributed by atoms with Gasteiger partial charge in [-0.1, -0.05) is 24.3 Å². The fourth-order valence-electron chi connectivity index (χ4n) is 1.54. The molecule has 0 radical (unpaired) electrons. The molecule has 17 heavy (non-hydrogen) atoms. The molecule has 0 spiro atoms. The van der Waals surface area contributed by atoms with E-state index in [4.69, 9.17) is 11.6 Å². The van der Waals surface area contributed by atoms with Crippen molar-refractivity contribution >= 4 is 16.8 Å². The number of carbonyl (C=O) groups excluding carboxylic acids is 1. The van der Waals surface area contributed by atoms with Gasteiger partial charge in [0.25, 0.3) is 5.24 Å². The van der Waals surface area contributed by atoms with E-state index in [-0.39, 0.29) is 5.56 Å². The summed E-state index contributed by atoms with van der Waals surface area (Å²) in [7, 11) is 0. The summed E-state index contributed by atoms with van der Waals surface area (Å²) in [6.07, 6.45) is 0. The van der Waals surface area contributed by atoms with Gasteiger partial charge in [0.15, 0.2) is 0 Å². The van der Waals surface area contributed by atoms with Crippen molar-refractivity contribution in [3.8, 4) is 11.1 Å². The third kappa shape index (κ3) is 2.34. The van der Waals surface area contributed by atoms with Crippen LogP contribution in [0.15, 0.2) is 42.5 Å². The average molecular weight is 253 g/mol. The second-order valence-corrected chi connectivity index (χ2v) is 3.79. The molecule has 0 aliphatic carbocycles. The Bertz CT molecular complexity index is 581. The quantitative estimate of drug-likeness (QED) is 0.738. The van der Waals surface area contributed by atoms with Crippen molar-refractivity contribution < 1.29 is 13.6 Å². The van der Waals surface area contributed by atoms with Gasteiger partial charge in [0.05, 0.1) is 5.56 Å². The third-order valence-electron chi connectivity index (χ3n) is 2.36. The van der Waals surface area contributed by atoms with Gasteiger partial charge < -0.3 is 0 Å². The van der Waals surface area contributed by atoms with Crippen molar-refractivity contribution in [1.82, 2.24) is 0 Å². The maximum absolute atomic E-state index is 13.5. The highest BCUT2D eigenvalue weighted by atomic mass is 35.5. The number of benzene rings is 2. The molecule has 0 saturated heterocycles. The summed E-state index contributed by atoms with van der Waals surface area (Å²) in [6.45, 7) is 0. The van der Waals surface area contributed by atoms with Crippen LogP contribution >= 0.6 is 11.6 Å². The van der Waals surface area contributed by atoms with Crippen LogP contribution in [0.1, 0.15) is 10.4 Å². The highest BCUT2D eigenvalue weighted by molar-refractivity contribution is 6.67. The Kier molecular flexibility index (Phi) is 3.20. The van der Waals surface area contributed by atoms with E-state index in [1.807, 2.05) is 0 Å². The fourth-order valence-corrected chi connectivity index (χ4v) is 1.68. The topological polar surface area (TPSA) is 17.1 Å². The zero-order chi connectivity index (χ0) is 12.4. The lowest BCUT2D eigenvalue weighted by molar-refractivity contribution is 0.107. The molecule has 2 aromatic carbocycles. The molecule has 4 heteroatoms. The standard InChI is InChI=1S/C13H7ClF2O/c14-13(17)10-7-8(5-6-12(10)16)9-3-1-2-4-11(9)15/h1-7H. The van der Waals surface area contributed by atoms with E-state index in [2.05, 4.69) is 0 Å². The van der Waals surface area contributed by atoms with Crippen LogP contribution in [0.25, 0.3) is 11.1 Å². The molecule has 0 atom stereocenters. The van der Waals surface area contributed by atoms with Crippen molar-refractivity contribution in [3.05, 3.63) is 59.7 Å². The average Bonchev–Trinajstić information content (AvgIpc) is 2.30.